The molecule has 1 saturated heterocycles. The lowest BCUT2D eigenvalue weighted by Crippen LogP contribution is -2.39. The number of ether oxygens (including phenoxy) is 1. The van der Waals surface area contributed by atoms with Crippen LogP contribution in [0.2, 0.25) is 0 Å². The van der Waals surface area contributed by atoms with E-state index in [2.05, 4.69) is 24.5 Å². The zero-order valence-electron chi connectivity index (χ0n) is 11.1. The molecule has 3 nitrogen and oxygen atoms in total. The average Bonchev–Trinajstić information content (AvgIpc) is 2.28. The molecule has 1 unspecified atom stereocenters. The molecule has 0 aromatic heterocycles. The summed E-state index contributed by atoms with van der Waals surface area (Å²) in [6.07, 6.45) is 3.83. The van der Waals surface area contributed by atoms with Crippen LogP contribution in [0.15, 0.2) is 0 Å². The van der Waals surface area contributed by atoms with Crippen molar-refractivity contribution in [2.24, 2.45) is 11.3 Å². The molecule has 0 amide bonds. The van der Waals surface area contributed by atoms with E-state index in [1.54, 1.807) is 7.11 Å². The van der Waals surface area contributed by atoms with Gasteiger partial charge < -0.3 is 15.4 Å². The lowest BCUT2D eigenvalue weighted by Gasteiger charge is -2.28. The molecule has 1 atom stereocenters. The highest BCUT2D eigenvalue weighted by atomic mass is 16.5. The molecule has 1 heterocycles. The quantitative estimate of drug-likeness (QED) is 0.695. The van der Waals surface area contributed by atoms with Crippen LogP contribution >= 0.6 is 0 Å². The van der Waals surface area contributed by atoms with Crippen LogP contribution in [0.25, 0.3) is 0 Å². The minimum absolute atomic E-state index is 0.345. The molecule has 1 aliphatic rings. The highest BCUT2D eigenvalue weighted by molar-refractivity contribution is 4.75. The van der Waals surface area contributed by atoms with E-state index in [1.807, 2.05) is 0 Å². The summed E-state index contributed by atoms with van der Waals surface area (Å²) in [4.78, 5) is 0. The summed E-state index contributed by atoms with van der Waals surface area (Å²) >= 11 is 0. The van der Waals surface area contributed by atoms with E-state index in [9.17, 15) is 0 Å². The topological polar surface area (TPSA) is 33.3 Å². The van der Waals surface area contributed by atoms with Crippen molar-refractivity contribution in [3.63, 3.8) is 0 Å². The van der Waals surface area contributed by atoms with Crippen molar-refractivity contribution in [3.8, 4) is 0 Å². The summed E-state index contributed by atoms with van der Waals surface area (Å²) in [5.41, 5.74) is 0.345. The minimum atomic E-state index is 0.345. The zero-order chi connectivity index (χ0) is 11.9. The summed E-state index contributed by atoms with van der Waals surface area (Å²) in [5, 5.41) is 7.07. The second-order valence-corrected chi connectivity index (χ2v) is 5.75. The van der Waals surface area contributed by atoms with Crippen molar-refractivity contribution in [3.05, 3.63) is 0 Å². The summed E-state index contributed by atoms with van der Waals surface area (Å²) in [5.74, 6) is 0.826. The molecule has 2 N–H and O–H groups in total. The van der Waals surface area contributed by atoms with E-state index in [0.717, 1.165) is 32.0 Å². The van der Waals surface area contributed by atoms with E-state index in [0.29, 0.717) is 5.41 Å². The molecule has 0 aliphatic carbocycles. The van der Waals surface area contributed by atoms with Gasteiger partial charge in [0.25, 0.3) is 0 Å². The lowest BCUT2D eigenvalue weighted by molar-refractivity contribution is 0.149. The van der Waals surface area contributed by atoms with E-state index in [4.69, 9.17) is 4.74 Å². The molecule has 96 valence electrons. The molecule has 0 spiro atoms. The first-order valence-electron chi connectivity index (χ1n) is 6.54. The maximum atomic E-state index is 5.14. The van der Waals surface area contributed by atoms with Crippen LogP contribution in [0.5, 0.6) is 0 Å². The maximum absolute atomic E-state index is 5.14. The van der Waals surface area contributed by atoms with E-state index in [-0.39, 0.29) is 0 Å². The third-order valence-electron chi connectivity index (χ3n) is 3.42. The van der Waals surface area contributed by atoms with Gasteiger partial charge in [-0.2, -0.15) is 0 Å². The Labute approximate surface area is 100 Å². The number of rotatable bonds is 7. The molecule has 1 fully saturated rings. The highest BCUT2D eigenvalue weighted by Crippen LogP contribution is 2.19. The van der Waals surface area contributed by atoms with Crippen molar-refractivity contribution in [2.75, 3.05) is 39.9 Å². The minimum Gasteiger partial charge on any atom is -0.385 e. The Bertz CT molecular complexity index is 177. The molecular weight excluding hydrogens is 200 g/mol. The van der Waals surface area contributed by atoms with Gasteiger partial charge in [-0.25, -0.2) is 0 Å². The van der Waals surface area contributed by atoms with Crippen LogP contribution in [0.3, 0.4) is 0 Å². The first-order chi connectivity index (χ1) is 7.64. The first kappa shape index (κ1) is 13.9. The Kier molecular flexibility index (Phi) is 6.32. The van der Waals surface area contributed by atoms with Gasteiger partial charge in [0.05, 0.1) is 0 Å². The molecule has 0 aromatic rings. The van der Waals surface area contributed by atoms with Gasteiger partial charge in [0.2, 0.25) is 0 Å². The molecular formula is C13H28N2O. The summed E-state index contributed by atoms with van der Waals surface area (Å²) in [6.45, 7) is 10.1. The normalized spacial score (nSPS) is 22.3. The van der Waals surface area contributed by atoms with Crippen molar-refractivity contribution >= 4 is 0 Å². The predicted molar refractivity (Wildman–Crippen MR) is 68.7 cm³/mol. The number of hydrogen-bond acceptors (Lipinski definition) is 3. The van der Waals surface area contributed by atoms with Gasteiger partial charge in [-0.05, 0) is 50.2 Å². The van der Waals surface area contributed by atoms with Crippen LogP contribution in [-0.4, -0.2) is 39.9 Å². The highest BCUT2D eigenvalue weighted by Gasteiger charge is 2.18. The first-order valence-corrected chi connectivity index (χ1v) is 6.54. The Morgan fingerprint density at radius 2 is 2.25 bits per heavy atom. The average molecular weight is 228 g/mol. The Hall–Kier alpha value is -0.120. The third kappa shape index (κ3) is 5.83. The van der Waals surface area contributed by atoms with Crippen LogP contribution in [0, 0.1) is 11.3 Å². The standard InChI is InChI=1S/C13H28N2O/c1-13(2,6-8-16-3)11-15-10-12-5-4-7-14-9-12/h12,14-15H,4-11H2,1-3H3. The predicted octanol–water partition coefficient (Wildman–Crippen LogP) is 1.64. The van der Waals surface area contributed by atoms with Gasteiger partial charge in [0.1, 0.15) is 0 Å². The van der Waals surface area contributed by atoms with E-state index < -0.39 is 0 Å². The summed E-state index contributed by atoms with van der Waals surface area (Å²) in [6, 6.07) is 0. The monoisotopic (exact) mass is 228 g/mol. The van der Waals surface area contributed by atoms with Crippen molar-refractivity contribution in [1.29, 1.82) is 0 Å². The van der Waals surface area contributed by atoms with Gasteiger partial charge >= 0.3 is 0 Å². The summed E-state index contributed by atoms with van der Waals surface area (Å²) in [7, 11) is 1.78. The zero-order valence-corrected chi connectivity index (χ0v) is 11.1. The fraction of sp³-hybridized carbons (Fsp3) is 1.00. The van der Waals surface area contributed by atoms with Crippen LogP contribution in [0.1, 0.15) is 33.1 Å². The van der Waals surface area contributed by atoms with E-state index in [1.165, 1.54) is 25.9 Å². The number of nitrogens with one attached hydrogen (secondary N) is 2. The van der Waals surface area contributed by atoms with Gasteiger partial charge in [-0.3, -0.25) is 0 Å². The molecule has 1 aliphatic heterocycles. The molecule has 0 bridgehead atoms. The van der Waals surface area contributed by atoms with Gasteiger partial charge in [-0.1, -0.05) is 13.8 Å². The fourth-order valence-corrected chi connectivity index (χ4v) is 2.18. The summed E-state index contributed by atoms with van der Waals surface area (Å²) < 4.78 is 5.14. The van der Waals surface area contributed by atoms with Gasteiger partial charge in [0.15, 0.2) is 0 Å². The second kappa shape index (κ2) is 7.25. The Balaban J connectivity index is 2.08. The fourth-order valence-electron chi connectivity index (χ4n) is 2.18. The molecule has 0 radical (unpaired) electrons. The van der Waals surface area contributed by atoms with Crippen LogP contribution < -0.4 is 10.6 Å². The number of hydrogen-bond donors (Lipinski definition) is 2. The van der Waals surface area contributed by atoms with Crippen LogP contribution in [0.4, 0.5) is 0 Å². The van der Waals surface area contributed by atoms with E-state index >= 15 is 0 Å². The Morgan fingerprint density at radius 1 is 1.44 bits per heavy atom. The SMILES string of the molecule is COCCC(C)(C)CNCC1CCCNC1. The lowest BCUT2D eigenvalue weighted by atomic mass is 9.89. The molecule has 16 heavy (non-hydrogen) atoms. The molecule has 0 aromatic carbocycles. The number of methoxy groups -OCH3 is 1. The molecule has 0 saturated carbocycles. The largest absolute Gasteiger partial charge is 0.385 e. The van der Waals surface area contributed by atoms with Crippen LogP contribution in [-0.2, 0) is 4.74 Å². The maximum Gasteiger partial charge on any atom is 0.0467 e. The second-order valence-electron chi connectivity index (χ2n) is 5.75. The van der Waals surface area contributed by atoms with Crippen molar-refractivity contribution in [1.82, 2.24) is 10.6 Å². The Morgan fingerprint density at radius 3 is 2.88 bits per heavy atom. The van der Waals surface area contributed by atoms with Gasteiger partial charge in [0, 0.05) is 20.3 Å². The third-order valence-corrected chi connectivity index (χ3v) is 3.42. The number of piperidine rings is 1. The van der Waals surface area contributed by atoms with Gasteiger partial charge in [-0.15, -0.1) is 0 Å². The molecule has 3 heteroatoms. The van der Waals surface area contributed by atoms with Crippen molar-refractivity contribution in [2.45, 2.75) is 33.1 Å². The smallest absolute Gasteiger partial charge is 0.0467 e. The van der Waals surface area contributed by atoms with Crippen molar-refractivity contribution < 1.29 is 4.74 Å². The molecule has 1 rings (SSSR count).